The summed E-state index contributed by atoms with van der Waals surface area (Å²) in [6.45, 7) is 0. The highest BCUT2D eigenvalue weighted by Gasteiger charge is 2.30. The molecule has 6 aromatic carbocycles. The second-order valence-corrected chi connectivity index (χ2v) is 16.5. The normalized spacial score (nSPS) is 12.8. The van der Waals surface area contributed by atoms with Crippen molar-refractivity contribution in [3.63, 3.8) is 0 Å². The van der Waals surface area contributed by atoms with Gasteiger partial charge in [-0.15, -0.1) is 20.5 Å². The van der Waals surface area contributed by atoms with Crippen molar-refractivity contribution in [3.8, 4) is 23.0 Å². The van der Waals surface area contributed by atoms with Crippen LogP contribution in [0, 0.1) is 5.21 Å². The standard InChI is InChI=1S/C34H29N9O14S3/c1-56-26-11-16(3-6-20(26)38-40-22-8-5-18-30(32(22)36)25(45)14-29(59(50,51)52)34(18)60(53,54)55)42-43(46)17-4-7-21(27(12-17)57-2)39-41-23-13-28(58(47,48)49)19-9-15(35)10-24(44)31(19)33(23)37/h3-14,44-45H,35-37H2,1-2H3,(H,47,48,49)(H,50,51,52)(H,53,54,55). The number of rotatable bonds is 11. The minimum Gasteiger partial charge on any atom is -0.594 e. The molecule has 0 heterocycles. The van der Waals surface area contributed by atoms with E-state index in [2.05, 4.69) is 25.6 Å². The van der Waals surface area contributed by atoms with Crippen LogP contribution in [0.1, 0.15) is 0 Å². The highest BCUT2D eigenvalue weighted by atomic mass is 32.2. The highest BCUT2D eigenvalue weighted by molar-refractivity contribution is 7.89. The van der Waals surface area contributed by atoms with Gasteiger partial charge in [0.05, 0.1) is 42.4 Å². The molecule has 0 unspecified atom stereocenters. The van der Waals surface area contributed by atoms with E-state index in [1.54, 1.807) is 0 Å². The lowest BCUT2D eigenvalue weighted by Crippen LogP contribution is -2.09. The third kappa shape index (κ3) is 8.21. The molecule has 0 bridgehead atoms. The molecule has 0 amide bonds. The number of azo groups is 3. The van der Waals surface area contributed by atoms with Gasteiger partial charge in [-0.25, -0.2) is 0 Å². The van der Waals surface area contributed by atoms with E-state index < -0.39 is 67.3 Å². The van der Waals surface area contributed by atoms with E-state index in [4.69, 9.17) is 26.7 Å². The Balaban J connectivity index is 1.29. The first-order valence-electron chi connectivity index (χ1n) is 16.3. The number of nitrogens with zero attached hydrogens (tertiary/aromatic N) is 6. The van der Waals surface area contributed by atoms with Crippen LogP contribution in [-0.2, 0) is 30.4 Å². The van der Waals surface area contributed by atoms with Crippen LogP contribution in [0.5, 0.6) is 23.0 Å². The molecule has 11 N–H and O–H groups in total. The minimum atomic E-state index is -5.28. The van der Waals surface area contributed by atoms with Gasteiger partial charge in [0.15, 0.2) is 5.75 Å². The average Bonchev–Trinajstić information content (AvgIpc) is 3.15. The van der Waals surface area contributed by atoms with E-state index >= 15 is 0 Å². The summed E-state index contributed by atoms with van der Waals surface area (Å²) in [6.07, 6.45) is 0. The SMILES string of the molecule is COc1cc([N+]([O-])=Nc2ccc(N=Nc3ccc4c(S(=O)(=O)O)c(S(=O)(=O)O)cc(O)c4c3N)c(OC)c2)ccc1N=Nc1cc(S(=O)(=O)O)c2cc(N)cc(O)c2c1N. The first-order chi connectivity index (χ1) is 28.0. The summed E-state index contributed by atoms with van der Waals surface area (Å²) in [6, 6.07) is 13.7. The molecule has 6 aromatic rings. The summed E-state index contributed by atoms with van der Waals surface area (Å²) in [7, 11) is -12.8. The van der Waals surface area contributed by atoms with Crippen molar-refractivity contribution in [2.75, 3.05) is 31.4 Å². The summed E-state index contributed by atoms with van der Waals surface area (Å²) in [5.41, 5.74) is 17.2. The number of phenols is 2. The molecule has 23 nitrogen and oxygen atoms in total. The Kier molecular flexibility index (Phi) is 11.0. The zero-order valence-electron chi connectivity index (χ0n) is 30.5. The number of benzene rings is 6. The number of nitrogen functional groups attached to an aromatic ring is 3. The van der Waals surface area contributed by atoms with E-state index in [-0.39, 0.29) is 78.3 Å². The van der Waals surface area contributed by atoms with E-state index in [1.807, 2.05) is 0 Å². The predicted octanol–water partition coefficient (Wildman–Crippen LogP) is 6.66. The van der Waals surface area contributed by atoms with Crippen LogP contribution >= 0.6 is 0 Å². The van der Waals surface area contributed by atoms with Gasteiger partial charge in [0.25, 0.3) is 30.4 Å². The zero-order chi connectivity index (χ0) is 44.1. The van der Waals surface area contributed by atoms with Gasteiger partial charge in [0, 0.05) is 45.8 Å². The smallest absolute Gasteiger partial charge is 0.296 e. The summed E-state index contributed by atoms with van der Waals surface area (Å²) in [5, 5.41) is 53.0. The molecule has 312 valence electrons. The lowest BCUT2D eigenvalue weighted by atomic mass is 10.1. The van der Waals surface area contributed by atoms with Crippen LogP contribution in [0.2, 0.25) is 0 Å². The Hall–Kier alpha value is -7.23. The summed E-state index contributed by atoms with van der Waals surface area (Å²) >= 11 is 0. The lowest BCUT2D eigenvalue weighted by Gasteiger charge is -2.13. The molecule has 0 aliphatic rings. The van der Waals surface area contributed by atoms with Crippen molar-refractivity contribution in [3.05, 3.63) is 78.0 Å². The van der Waals surface area contributed by atoms with Gasteiger partial charge < -0.3 is 42.1 Å². The van der Waals surface area contributed by atoms with E-state index in [1.165, 1.54) is 56.7 Å². The van der Waals surface area contributed by atoms with E-state index in [0.717, 1.165) is 24.3 Å². The minimum absolute atomic E-state index is 0.00255. The fourth-order valence-electron chi connectivity index (χ4n) is 5.90. The summed E-state index contributed by atoms with van der Waals surface area (Å²) < 4.78 is 112. The first-order valence-corrected chi connectivity index (χ1v) is 20.6. The quantitative estimate of drug-likeness (QED) is 0.0221. The largest absolute Gasteiger partial charge is 0.594 e. The fraction of sp³-hybridized carbons (Fsp3) is 0.0588. The third-order valence-electron chi connectivity index (χ3n) is 8.53. The molecule has 0 aliphatic carbocycles. The Morgan fingerprint density at radius 3 is 1.70 bits per heavy atom. The van der Waals surface area contributed by atoms with Crippen LogP contribution < -0.4 is 26.7 Å². The van der Waals surface area contributed by atoms with Crippen molar-refractivity contribution in [1.82, 2.24) is 0 Å². The summed E-state index contributed by atoms with van der Waals surface area (Å²) in [4.78, 5) is -2.91. The van der Waals surface area contributed by atoms with Crippen molar-refractivity contribution in [2.45, 2.75) is 14.7 Å². The second kappa shape index (κ2) is 15.5. The highest BCUT2D eigenvalue weighted by Crippen LogP contribution is 2.45. The number of phenolic OH excluding ortho intramolecular Hbond substituents is 2. The number of methoxy groups -OCH3 is 2. The molecule has 0 aliphatic heterocycles. The molecular formula is C34H29N9O14S3. The maximum Gasteiger partial charge on any atom is 0.296 e. The zero-order valence-corrected chi connectivity index (χ0v) is 32.9. The van der Waals surface area contributed by atoms with Gasteiger partial charge in [-0.05, 0) is 41.3 Å². The van der Waals surface area contributed by atoms with Crippen LogP contribution in [0.3, 0.4) is 0 Å². The lowest BCUT2D eigenvalue weighted by molar-refractivity contribution is -0.435. The Bertz CT molecular complexity index is 3230. The van der Waals surface area contributed by atoms with Crippen molar-refractivity contribution in [2.24, 2.45) is 25.6 Å². The van der Waals surface area contributed by atoms with Gasteiger partial charge in [-0.3, -0.25) is 13.7 Å². The number of fused-ring (bicyclic) bond motifs is 2. The Labute approximate surface area is 338 Å². The van der Waals surface area contributed by atoms with Crippen LogP contribution in [-0.4, -0.2) is 68.2 Å². The molecule has 0 radical (unpaired) electrons. The molecule has 0 spiro atoms. The van der Waals surface area contributed by atoms with Gasteiger partial charge in [-0.2, -0.15) is 25.3 Å². The molecule has 0 saturated heterocycles. The Morgan fingerprint density at radius 2 is 1.10 bits per heavy atom. The molecule has 0 atom stereocenters. The van der Waals surface area contributed by atoms with Gasteiger partial charge >= 0.3 is 0 Å². The third-order valence-corrected chi connectivity index (χ3v) is 11.4. The Morgan fingerprint density at radius 1 is 0.583 bits per heavy atom. The number of anilines is 3. The van der Waals surface area contributed by atoms with Crippen molar-refractivity contribution < 1.29 is 63.5 Å². The molecule has 6 rings (SSSR count). The number of hydrogen-bond donors (Lipinski definition) is 8. The van der Waals surface area contributed by atoms with Gasteiger partial charge in [0.2, 0.25) is 5.69 Å². The molecular weight excluding hydrogens is 855 g/mol. The number of nitrogens with two attached hydrogens (primary N) is 3. The van der Waals surface area contributed by atoms with Crippen molar-refractivity contribution >= 4 is 103 Å². The fourth-order valence-corrected chi connectivity index (χ4v) is 8.60. The molecule has 60 heavy (non-hydrogen) atoms. The monoisotopic (exact) mass is 883 g/mol. The maximum atomic E-state index is 13.2. The average molecular weight is 884 g/mol. The van der Waals surface area contributed by atoms with Gasteiger partial charge in [0.1, 0.15) is 60.4 Å². The number of aromatic hydroxyl groups is 2. The second-order valence-electron chi connectivity index (χ2n) is 12.3. The number of hydrogen-bond acceptors (Lipinski definition) is 19. The van der Waals surface area contributed by atoms with Gasteiger partial charge in [-0.1, -0.05) is 6.07 Å². The van der Waals surface area contributed by atoms with Crippen molar-refractivity contribution in [1.29, 1.82) is 0 Å². The van der Waals surface area contributed by atoms with Crippen LogP contribution in [0.25, 0.3) is 21.5 Å². The maximum absolute atomic E-state index is 13.2. The first kappa shape index (κ1) is 42.4. The molecule has 0 aromatic heterocycles. The van der Waals surface area contributed by atoms with E-state index in [9.17, 15) is 54.3 Å². The molecule has 26 heteroatoms. The predicted molar refractivity (Wildman–Crippen MR) is 214 cm³/mol. The topological polar surface area (TPSA) is 388 Å². The number of ether oxygens (including phenoxy) is 2. The van der Waals surface area contributed by atoms with Crippen LogP contribution in [0.4, 0.5) is 51.2 Å². The summed E-state index contributed by atoms with van der Waals surface area (Å²) in [5.74, 6) is -1.27. The molecule has 0 saturated carbocycles. The van der Waals surface area contributed by atoms with Crippen LogP contribution in [0.15, 0.2) is 113 Å². The molecule has 0 fully saturated rings. The van der Waals surface area contributed by atoms with E-state index in [0.29, 0.717) is 6.07 Å².